The molecule has 0 saturated heterocycles. The second kappa shape index (κ2) is 11.8. The molecule has 0 unspecified atom stereocenters. The third-order valence-electron chi connectivity index (χ3n) is 0. The minimum atomic E-state index is -5.17. The molecule has 0 fully saturated rings. The smallest absolute Gasteiger partial charge is 2.00 e. The van der Waals surface area contributed by atoms with Gasteiger partial charge in [-0.1, -0.05) is 0 Å². The molecule has 0 saturated carbocycles. The van der Waals surface area contributed by atoms with E-state index in [2.05, 4.69) is 0 Å². The van der Waals surface area contributed by atoms with Crippen LogP contribution in [0.15, 0.2) is 0 Å². The fourth-order valence-corrected chi connectivity index (χ4v) is 0. The van der Waals surface area contributed by atoms with Crippen molar-refractivity contribution in [1.29, 1.82) is 0 Å². The monoisotopic (exact) mass is 180 g/mol. The molecule has 6 nitrogen and oxygen atoms in total. The van der Waals surface area contributed by atoms with E-state index in [1.807, 2.05) is 0 Å². The Morgan fingerprint density at radius 2 is 1.11 bits per heavy atom. The van der Waals surface area contributed by atoms with Crippen LogP contribution in [0.3, 0.4) is 0 Å². The van der Waals surface area contributed by atoms with Crippen LogP contribution in [-0.2, 0) is 15.9 Å². The Morgan fingerprint density at radius 1 is 1.11 bits per heavy atom. The van der Waals surface area contributed by atoms with Gasteiger partial charge in [-0.2, -0.15) is 0 Å². The summed E-state index contributed by atoms with van der Waals surface area (Å²) in [5.74, 6) is 0. The van der Waals surface area contributed by atoms with Crippen molar-refractivity contribution in [2.75, 3.05) is 0 Å². The summed E-state index contributed by atoms with van der Waals surface area (Å²) in [4.78, 5) is 0. The van der Waals surface area contributed by atoms with E-state index in [0.717, 1.165) is 0 Å². The SMILES string of the molecule is O=S(=O)([O-])[O-].[Al+3].[Mg+2].[O-2].[OH-]. The zero-order valence-corrected chi connectivity index (χ0v) is 7.57. The first-order valence-corrected chi connectivity index (χ1v) is 2.00. The Bertz CT molecular complexity index is 96.2. The van der Waals surface area contributed by atoms with Gasteiger partial charge in [-0.3, -0.25) is 8.42 Å². The fourth-order valence-electron chi connectivity index (χ4n) is 0. The van der Waals surface area contributed by atoms with Crippen LogP contribution in [0.2, 0.25) is 0 Å². The molecule has 0 bridgehead atoms. The molecule has 0 rings (SSSR count). The van der Waals surface area contributed by atoms with Crippen LogP contribution in [-0.4, -0.2) is 63.4 Å². The largest absolute Gasteiger partial charge is 3.00 e. The van der Waals surface area contributed by atoms with E-state index >= 15 is 0 Å². The van der Waals surface area contributed by atoms with E-state index in [1.54, 1.807) is 0 Å². The number of hydrogen-bond acceptors (Lipinski definition) is 5. The predicted molar refractivity (Wildman–Crippen MR) is 24.6 cm³/mol. The molecule has 0 atom stereocenters. The van der Waals surface area contributed by atoms with Crippen LogP contribution in [0, 0.1) is 0 Å². The summed E-state index contributed by atoms with van der Waals surface area (Å²) in [7, 11) is -5.17. The molecular weight excluding hydrogens is 179 g/mol. The molecule has 0 aliphatic carbocycles. The molecule has 0 spiro atoms. The quantitative estimate of drug-likeness (QED) is 0.232. The van der Waals surface area contributed by atoms with Crippen molar-refractivity contribution in [3.05, 3.63) is 0 Å². The molecule has 0 aromatic heterocycles. The molecule has 0 aromatic rings. The Labute approximate surface area is 79.1 Å². The van der Waals surface area contributed by atoms with Crippen molar-refractivity contribution in [3.63, 3.8) is 0 Å². The van der Waals surface area contributed by atoms with E-state index < -0.39 is 10.4 Å². The van der Waals surface area contributed by atoms with Gasteiger partial charge in [0.05, 0.1) is 0 Å². The summed E-state index contributed by atoms with van der Waals surface area (Å²) in [6, 6.07) is 0. The van der Waals surface area contributed by atoms with Crippen LogP contribution in [0.25, 0.3) is 0 Å². The van der Waals surface area contributed by atoms with Crippen molar-refractivity contribution in [1.82, 2.24) is 0 Å². The molecule has 0 aliphatic heterocycles. The predicted octanol–water partition coefficient (Wildman–Crippen LogP) is -2.40. The first kappa shape index (κ1) is 32.2. The molecule has 0 heterocycles. The molecule has 0 amide bonds. The van der Waals surface area contributed by atoms with E-state index in [9.17, 15) is 0 Å². The van der Waals surface area contributed by atoms with Crippen LogP contribution in [0.4, 0.5) is 0 Å². The van der Waals surface area contributed by atoms with E-state index in [4.69, 9.17) is 17.5 Å². The minimum absolute atomic E-state index is 0. The van der Waals surface area contributed by atoms with Crippen LogP contribution in [0.5, 0.6) is 0 Å². The zero-order valence-electron chi connectivity index (χ0n) is 4.18. The maximum atomic E-state index is 8.52. The zero-order chi connectivity index (χ0) is 4.50. The topological polar surface area (TPSA) is 139 Å². The molecule has 48 valence electrons. The second-order valence-electron chi connectivity index (χ2n) is 0.408. The summed E-state index contributed by atoms with van der Waals surface area (Å²) in [5.41, 5.74) is 0. The fraction of sp³-hybridized carbons (Fsp3) is 0. The average Bonchev–Trinajstić information content (AvgIpc) is 0.722. The molecule has 0 aromatic carbocycles. The molecule has 1 N–H and O–H groups in total. The van der Waals surface area contributed by atoms with Gasteiger partial charge >= 0.3 is 40.4 Å². The second-order valence-corrected chi connectivity index (χ2v) is 1.22. The normalized spacial score (nSPS) is 6.44. The van der Waals surface area contributed by atoms with Gasteiger partial charge in [0.1, 0.15) is 0 Å². The standard InChI is InChI=1S/Al.Mg.H2O4S.H2O.O/c;;1-5(2,3)4;;/h;;(H2,1,2,3,4);1H2;/q+3;+2;;;-2/p-3. The van der Waals surface area contributed by atoms with Gasteiger partial charge in [0.15, 0.2) is 0 Å². The van der Waals surface area contributed by atoms with E-state index in [1.165, 1.54) is 0 Å². The van der Waals surface area contributed by atoms with Gasteiger partial charge in [-0.15, -0.1) is 0 Å². The molecular formula is HAlMgO6S. The van der Waals surface area contributed by atoms with E-state index in [0.29, 0.717) is 0 Å². The summed E-state index contributed by atoms with van der Waals surface area (Å²) in [6.07, 6.45) is 0. The van der Waals surface area contributed by atoms with Crippen molar-refractivity contribution < 1.29 is 28.5 Å². The molecule has 0 radical (unpaired) electrons. The Morgan fingerprint density at radius 3 is 1.11 bits per heavy atom. The number of rotatable bonds is 0. The number of hydrogen-bond donors (Lipinski definition) is 0. The van der Waals surface area contributed by atoms with Gasteiger partial charge in [0, 0.05) is 10.4 Å². The van der Waals surface area contributed by atoms with Crippen LogP contribution in [0.1, 0.15) is 0 Å². The van der Waals surface area contributed by atoms with Crippen LogP contribution < -0.4 is 0 Å². The third kappa shape index (κ3) is 385. The van der Waals surface area contributed by atoms with Crippen molar-refractivity contribution >= 4 is 50.8 Å². The van der Waals surface area contributed by atoms with Gasteiger partial charge in [0.2, 0.25) is 0 Å². The summed E-state index contributed by atoms with van der Waals surface area (Å²) < 4.78 is 34.1. The van der Waals surface area contributed by atoms with Crippen molar-refractivity contribution in [2.24, 2.45) is 0 Å². The molecule has 9 heavy (non-hydrogen) atoms. The van der Waals surface area contributed by atoms with Crippen LogP contribution >= 0.6 is 0 Å². The summed E-state index contributed by atoms with van der Waals surface area (Å²) in [6.45, 7) is 0. The first-order chi connectivity index (χ1) is 2.00. The minimum Gasteiger partial charge on any atom is -2.00 e. The summed E-state index contributed by atoms with van der Waals surface area (Å²) >= 11 is 0. The van der Waals surface area contributed by atoms with Gasteiger partial charge in [-0.25, -0.2) is 0 Å². The molecule has 9 heteroatoms. The van der Waals surface area contributed by atoms with Crippen molar-refractivity contribution in [2.45, 2.75) is 0 Å². The maximum Gasteiger partial charge on any atom is 3.00 e. The maximum absolute atomic E-state index is 8.52. The van der Waals surface area contributed by atoms with Gasteiger partial charge < -0.3 is 20.1 Å². The van der Waals surface area contributed by atoms with E-state index in [-0.39, 0.29) is 51.4 Å². The molecule has 0 aliphatic rings. The summed E-state index contributed by atoms with van der Waals surface area (Å²) in [5, 5.41) is 0. The Hall–Kier alpha value is 1.09. The Kier molecular flexibility index (Phi) is 42.3. The van der Waals surface area contributed by atoms with Crippen molar-refractivity contribution in [3.8, 4) is 0 Å². The van der Waals surface area contributed by atoms with Gasteiger partial charge in [0.25, 0.3) is 0 Å². The third-order valence-corrected chi connectivity index (χ3v) is 0. The Balaban J connectivity index is -0.0000000133. The first-order valence-electron chi connectivity index (χ1n) is 0.667. The average molecular weight is 180 g/mol. The van der Waals surface area contributed by atoms with Gasteiger partial charge in [-0.05, 0) is 0 Å².